The minimum atomic E-state index is -0.582. The monoisotopic (exact) mass is 280 g/mol. The molecule has 1 aliphatic rings. The molecule has 0 radical (unpaired) electrons. The van der Waals surface area contributed by atoms with E-state index in [1.165, 1.54) is 12.5 Å². The quantitative estimate of drug-likeness (QED) is 0.841. The molecule has 20 heavy (non-hydrogen) atoms. The van der Waals surface area contributed by atoms with Crippen molar-refractivity contribution >= 4 is 11.8 Å². The van der Waals surface area contributed by atoms with Gasteiger partial charge in [0.2, 0.25) is 5.91 Å². The highest BCUT2D eigenvalue weighted by Crippen LogP contribution is 2.12. The maximum Gasteiger partial charge on any atom is 0.255 e. The van der Waals surface area contributed by atoms with Gasteiger partial charge in [0.25, 0.3) is 5.91 Å². The van der Waals surface area contributed by atoms with Gasteiger partial charge in [-0.1, -0.05) is 0 Å². The predicted octanol–water partition coefficient (Wildman–Crippen LogP) is 0.941. The predicted molar refractivity (Wildman–Crippen MR) is 72.2 cm³/mol. The van der Waals surface area contributed by atoms with Crippen molar-refractivity contribution < 1.29 is 18.7 Å². The molecule has 0 aliphatic carbocycles. The number of hydrogen-bond acceptors (Lipinski definition) is 4. The molecule has 110 valence electrons. The molecule has 1 aliphatic heterocycles. The fourth-order valence-electron chi connectivity index (χ4n) is 2.11. The second-order valence-electron chi connectivity index (χ2n) is 5.04. The number of nitrogens with one attached hydrogen (secondary N) is 2. The lowest BCUT2D eigenvalue weighted by Crippen LogP contribution is -2.46. The Kier molecular flexibility index (Phi) is 5.17. The summed E-state index contributed by atoms with van der Waals surface area (Å²) in [4.78, 5) is 23.7. The molecule has 2 atom stereocenters. The Morgan fingerprint density at radius 1 is 1.50 bits per heavy atom. The summed E-state index contributed by atoms with van der Waals surface area (Å²) >= 11 is 0. The van der Waals surface area contributed by atoms with E-state index in [1.807, 2.05) is 0 Å². The second-order valence-corrected chi connectivity index (χ2v) is 5.04. The Hall–Kier alpha value is -1.82. The van der Waals surface area contributed by atoms with Crippen LogP contribution in [0.15, 0.2) is 23.0 Å². The third kappa shape index (κ3) is 4.09. The van der Waals surface area contributed by atoms with E-state index in [4.69, 9.17) is 9.15 Å². The summed E-state index contributed by atoms with van der Waals surface area (Å²) in [5.74, 6) is -0.140. The van der Waals surface area contributed by atoms with Crippen LogP contribution in [0.2, 0.25) is 0 Å². The van der Waals surface area contributed by atoms with Crippen molar-refractivity contribution in [3.05, 3.63) is 24.2 Å². The number of amides is 2. The molecule has 6 nitrogen and oxygen atoms in total. The van der Waals surface area contributed by atoms with Crippen LogP contribution in [0.25, 0.3) is 0 Å². The van der Waals surface area contributed by atoms with Crippen molar-refractivity contribution in [1.82, 2.24) is 10.6 Å². The highest BCUT2D eigenvalue weighted by Gasteiger charge is 2.19. The largest absolute Gasteiger partial charge is 0.472 e. The van der Waals surface area contributed by atoms with Crippen molar-refractivity contribution in [3.8, 4) is 0 Å². The Labute approximate surface area is 117 Å². The SMILES string of the molecule is C[C@H](NC(=O)c1ccoc1)C(=O)NC[C@H]1CCCOC1. The lowest BCUT2D eigenvalue weighted by Gasteiger charge is -2.23. The minimum absolute atomic E-state index is 0.188. The molecule has 2 N–H and O–H groups in total. The molecule has 1 aromatic heterocycles. The van der Waals surface area contributed by atoms with Gasteiger partial charge in [-0.15, -0.1) is 0 Å². The standard InChI is InChI=1S/C14H20N2O4/c1-10(16-14(18)12-4-6-20-9-12)13(17)15-7-11-3-2-5-19-8-11/h4,6,9-11H,2-3,5,7-8H2,1H3,(H,15,17)(H,16,18)/t10-,11+/m0/s1. The fraction of sp³-hybridized carbons (Fsp3) is 0.571. The van der Waals surface area contributed by atoms with Gasteiger partial charge in [-0.05, 0) is 31.7 Å². The van der Waals surface area contributed by atoms with E-state index in [1.54, 1.807) is 13.0 Å². The molecular formula is C14H20N2O4. The van der Waals surface area contributed by atoms with Gasteiger partial charge in [0.15, 0.2) is 0 Å². The van der Waals surface area contributed by atoms with Crippen LogP contribution in [-0.4, -0.2) is 37.6 Å². The van der Waals surface area contributed by atoms with E-state index in [-0.39, 0.29) is 11.8 Å². The summed E-state index contributed by atoms with van der Waals surface area (Å²) in [7, 11) is 0. The summed E-state index contributed by atoms with van der Waals surface area (Å²) < 4.78 is 10.2. The van der Waals surface area contributed by atoms with E-state index in [0.717, 1.165) is 19.4 Å². The summed E-state index contributed by atoms with van der Waals surface area (Å²) in [5.41, 5.74) is 0.408. The van der Waals surface area contributed by atoms with Gasteiger partial charge in [-0.25, -0.2) is 0 Å². The number of carbonyl (C=O) groups excluding carboxylic acids is 2. The van der Waals surface area contributed by atoms with Gasteiger partial charge in [-0.3, -0.25) is 9.59 Å². The van der Waals surface area contributed by atoms with Crippen molar-refractivity contribution in [2.24, 2.45) is 5.92 Å². The highest BCUT2D eigenvalue weighted by atomic mass is 16.5. The normalized spacial score (nSPS) is 20.1. The van der Waals surface area contributed by atoms with Crippen LogP contribution in [0.5, 0.6) is 0 Å². The molecule has 2 heterocycles. The topological polar surface area (TPSA) is 80.6 Å². The zero-order chi connectivity index (χ0) is 14.4. The summed E-state index contributed by atoms with van der Waals surface area (Å²) in [5, 5.41) is 5.47. The van der Waals surface area contributed by atoms with Crippen LogP contribution in [0.3, 0.4) is 0 Å². The zero-order valence-corrected chi connectivity index (χ0v) is 11.6. The Morgan fingerprint density at radius 2 is 2.35 bits per heavy atom. The highest BCUT2D eigenvalue weighted by molar-refractivity contribution is 5.97. The summed E-state index contributed by atoms with van der Waals surface area (Å²) in [6.45, 7) is 3.74. The molecule has 0 unspecified atom stereocenters. The van der Waals surface area contributed by atoms with E-state index in [2.05, 4.69) is 10.6 Å². The first kappa shape index (κ1) is 14.6. The van der Waals surface area contributed by atoms with Gasteiger partial charge in [-0.2, -0.15) is 0 Å². The van der Waals surface area contributed by atoms with Crippen LogP contribution < -0.4 is 10.6 Å². The Balaban J connectivity index is 1.72. The molecule has 0 spiro atoms. The Bertz CT molecular complexity index is 438. The fourth-order valence-corrected chi connectivity index (χ4v) is 2.11. The zero-order valence-electron chi connectivity index (χ0n) is 11.6. The van der Waals surface area contributed by atoms with Gasteiger partial charge >= 0.3 is 0 Å². The van der Waals surface area contributed by atoms with Gasteiger partial charge < -0.3 is 19.8 Å². The summed E-state index contributed by atoms with van der Waals surface area (Å²) in [6, 6.07) is 0.973. The lowest BCUT2D eigenvalue weighted by atomic mass is 10.0. The van der Waals surface area contributed by atoms with Crippen molar-refractivity contribution in [3.63, 3.8) is 0 Å². The first-order chi connectivity index (χ1) is 9.66. The molecule has 6 heteroatoms. The summed E-state index contributed by atoms with van der Waals surface area (Å²) in [6.07, 6.45) is 4.87. The third-order valence-corrected chi connectivity index (χ3v) is 3.34. The number of carbonyl (C=O) groups is 2. The molecule has 0 bridgehead atoms. The minimum Gasteiger partial charge on any atom is -0.472 e. The van der Waals surface area contributed by atoms with Crippen molar-refractivity contribution in [2.75, 3.05) is 19.8 Å². The first-order valence-electron chi connectivity index (χ1n) is 6.85. The van der Waals surface area contributed by atoms with Crippen molar-refractivity contribution in [2.45, 2.75) is 25.8 Å². The van der Waals surface area contributed by atoms with Crippen molar-refractivity contribution in [1.29, 1.82) is 0 Å². The van der Waals surface area contributed by atoms with Crippen LogP contribution in [0, 0.1) is 5.92 Å². The maximum absolute atomic E-state index is 11.9. The Morgan fingerprint density at radius 3 is 3.00 bits per heavy atom. The van der Waals surface area contributed by atoms with Crippen LogP contribution in [0.1, 0.15) is 30.1 Å². The van der Waals surface area contributed by atoms with Crippen LogP contribution >= 0.6 is 0 Å². The van der Waals surface area contributed by atoms with Gasteiger partial charge in [0.1, 0.15) is 12.3 Å². The smallest absolute Gasteiger partial charge is 0.255 e. The number of hydrogen-bond donors (Lipinski definition) is 2. The van der Waals surface area contributed by atoms with E-state index < -0.39 is 6.04 Å². The molecule has 2 amide bonds. The number of ether oxygens (including phenoxy) is 1. The second kappa shape index (κ2) is 7.09. The lowest BCUT2D eigenvalue weighted by molar-refractivity contribution is -0.123. The van der Waals surface area contributed by atoms with E-state index >= 15 is 0 Å². The molecule has 2 rings (SSSR count). The molecule has 0 saturated carbocycles. The van der Waals surface area contributed by atoms with Crippen LogP contribution in [-0.2, 0) is 9.53 Å². The molecule has 1 fully saturated rings. The number of rotatable bonds is 5. The third-order valence-electron chi connectivity index (χ3n) is 3.34. The van der Waals surface area contributed by atoms with Gasteiger partial charge in [0.05, 0.1) is 18.4 Å². The average molecular weight is 280 g/mol. The van der Waals surface area contributed by atoms with E-state index in [0.29, 0.717) is 24.6 Å². The maximum atomic E-state index is 11.9. The van der Waals surface area contributed by atoms with E-state index in [9.17, 15) is 9.59 Å². The molecule has 1 aromatic rings. The average Bonchev–Trinajstić information content (AvgIpc) is 3.00. The molecular weight excluding hydrogens is 260 g/mol. The molecule has 0 aromatic carbocycles. The molecule has 1 saturated heterocycles. The number of furan rings is 1. The van der Waals surface area contributed by atoms with Crippen LogP contribution in [0.4, 0.5) is 0 Å². The first-order valence-corrected chi connectivity index (χ1v) is 6.85. The van der Waals surface area contributed by atoms with Gasteiger partial charge in [0, 0.05) is 13.2 Å².